The largest absolute Gasteiger partial charge is 0.497 e. The molecule has 0 saturated carbocycles. The number of likely N-dealkylation sites (N-methyl/N-ethyl adjacent to an activating group) is 1. The summed E-state index contributed by atoms with van der Waals surface area (Å²) in [6.07, 6.45) is 0. The fourth-order valence-corrected chi connectivity index (χ4v) is 1.88. The molecule has 0 unspecified atom stereocenters. The van der Waals surface area contributed by atoms with E-state index in [9.17, 15) is 9.59 Å². The van der Waals surface area contributed by atoms with E-state index in [1.807, 2.05) is 27.7 Å². The number of anilines is 1. The van der Waals surface area contributed by atoms with Crippen LogP contribution >= 0.6 is 0 Å². The Balaban J connectivity index is 2.69. The molecular weight excluding hydrogens is 268 g/mol. The number of hydrogen-bond acceptors (Lipinski definition) is 3. The molecule has 5 heteroatoms. The van der Waals surface area contributed by atoms with Gasteiger partial charge in [-0.1, -0.05) is 26.8 Å². The lowest BCUT2D eigenvalue weighted by Crippen LogP contribution is -2.43. The summed E-state index contributed by atoms with van der Waals surface area (Å²) in [6.45, 7) is 7.95. The van der Waals surface area contributed by atoms with Gasteiger partial charge in [-0.15, -0.1) is 0 Å². The minimum atomic E-state index is -0.494. The van der Waals surface area contributed by atoms with Crippen LogP contribution in [-0.2, 0) is 9.59 Å². The predicted molar refractivity (Wildman–Crippen MR) is 83.3 cm³/mol. The number of carbonyl (C=O) groups is 2. The van der Waals surface area contributed by atoms with Gasteiger partial charge in [-0.3, -0.25) is 9.59 Å². The topological polar surface area (TPSA) is 58.6 Å². The molecule has 0 spiro atoms. The third-order valence-corrected chi connectivity index (χ3v) is 3.00. The molecule has 1 aromatic rings. The van der Waals surface area contributed by atoms with Gasteiger partial charge in [0.15, 0.2) is 0 Å². The molecule has 1 rings (SSSR count). The smallest absolute Gasteiger partial charge is 0.243 e. The van der Waals surface area contributed by atoms with Crippen LogP contribution in [-0.4, -0.2) is 36.9 Å². The highest BCUT2D eigenvalue weighted by Gasteiger charge is 2.27. The Morgan fingerprint density at radius 2 is 1.95 bits per heavy atom. The van der Waals surface area contributed by atoms with Gasteiger partial charge in [-0.2, -0.15) is 0 Å². The molecule has 0 aliphatic rings. The number of nitrogens with zero attached hydrogens (tertiary/aromatic N) is 1. The van der Waals surface area contributed by atoms with E-state index < -0.39 is 5.41 Å². The lowest BCUT2D eigenvalue weighted by molar-refractivity contribution is -0.141. The van der Waals surface area contributed by atoms with Gasteiger partial charge in [0.2, 0.25) is 11.8 Å². The van der Waals surface area contributed by atoms with Gasteiger partial charge >= 0.3 is 0 Å². The van der Waals surface area contributed by atoms with Crippen molar-refractivity contribution in [2.45, 2.75) is 27.7 Å². The van der Waals surface area contributed by atoms with Crippen LogP contribution in [0.4, 0.5) is 5.69 Å². The molecule has 0 bridgehead atoms. The van der Waals surface area contributed by atoms with Crippen molar-refractivity contribution in [1.29, 1.82) is 0 Å². The summed E-state index contributed by atoms with van der Waals surface area (Å²) in [4.78, 5) is 25.8. The number of ether oxygens (including phenoxy) is 1. The molecule has 0 radical (unpaired) electrons. The first-order valence-corrected chi connectivity index (χ1v) is 7.01. The summed E-state index contributed by atoms with van der Waals surface area (Å²) in [5.41, 5.74) is 0.158. The summed E-state index contributed by atoms with van der Waals surface area (Å²) in [7, 11) is 1.57. The molecule has 1 aromatic carbocycles. The molecule has 0 fully saturated rings. The molecule has 0 aliphatic carbocycles. The SMILES string of the molecule is CCN(CC(=O)Nc1cccc(OC)c1)C(=O)C(C)(C)C. The Morgan fingerprint density at radius 1 is 1.29 bits per heavy atom. The van der Waals surface area contributed by atoms with Gasteiger partial charge in [0.25, 0.3) is 0 Å². The lowest BCUT2D eigenvalue weighted by Gasteiger charge is -2.28. The van der Waals surface area contributed by atoms with Crippen molar-refractivity contribution >= 4 is 17.5 Å². The van der Waals surface area contributed by atoms with Gasteiger partial charge in [0, 0.05) is 23.7 Å². The first-order chi connectivity index (χ1) is 9.77. The van der Waals surface area contributed by atoms with Crippen LogP contribution in [0.2, 0.25) is 0 Å². The number of methoxy groups -OCH3 is 1. The molecule has 21 heavy (non-hydrogen) atoms. The Kier molecular flexibility index (Phi) is 5.76. The second-order valence-corrected chi connectivity index (χ2v) is 5.85. The van der Waals surface area contributed by atoms with Crippen molar-refractivity contribution in [3.63, 3.8) is 0 Å². The van der Waals surface area contributed by atoms with Crippen LogP contribution in [0.5, 0.6) is 5.75 Å². The normalized spacial score (nSPS) is 10.9. The first-order valence-electron chi connectivity index (χ1n) is 7.01. The summed E-state index contributed by atoms with van der Waals surface area (Å²) < 4.78 is 5.11. The number of nitrogens with one attached hydrogen (secondary N) is 1. The number of rotatable bonds is 5. The van der Waals surface area contributed by atoms with E-state index in [4.69, 9.17) is 4.74 Å². The van der Waals surface area contributed by atoms with Crippen molar-refractivity contribution < 1.29 is 14.3 Å². The molecule has 0 atom stereocenters. The molecule has 0 aromatic heterocycles. The van der Waals surface area contributed by atoms with Crippen LogP contribution in [0.3, 0.4) is 0 Å². The zero-order valence-electron chi connectivity index (χ0n) is 13.4. The fraction of sp³-hybridized carbons (Fsp3) is 0.500. The Morgan fingerprint density at radius 3 is 2.48 bits per heavy atom. The average molecular weight is 292 g/mol. The third kappa shape index (κ3) is 5.10. The zero-order valence-corrected chi connectivity index (χ0v) is 13.4. The number of benzene rings is 1. The summed E-state index contributed by atoms with van der Waals surface area (Å²) in [5.74, 6) is 0.416. The molecule has 2 amide bonds. The number of carbonyl (C=O) groups excluding carboxylic acids is 2. The second kappa shape index (κ2) is 7.11. The van der Waals surface area contributed by atoms with Gasteiger partial charge in [0.05, 0.1) is 13.7 Å². The summed E-state index contributed by atoms with van der Waals surface area (Å²) >= 11 is 0. The molecule has 0 heterocycles. The average Bonchev–Trinajstić information content (AvgIpc) is 2.43. The van der Waals surface area contributed by atoms with Crippen LogP contribution in [0.1, 0.15) is 27.7 Å². The highest BCUT2D eigenvalue weighted by atomic mass is 16.5. The maximum atomic E-state index is 12.2. The highest BCUT2D eigenvalue weighted by molar-refractivity contribution is 5.95. The van der Waals surface area contributed by atoms with Crippen LogP contribution in [0.15, 0.2) is 24.3 Å². The van der Waals surface area contributed by atoms with Crippen molar-refractivity contribution in [2.24, 2.45) is 5.41 Å². The van der Waals surface area contributed by atoms with Crippen LogP contribution < -0.4 is 10.1 Å². The van der Waals surface area contributed by atoms with E-state index in [2.05, 4.69) is 5.32 Å². The monoisotopic (exact) mass is 292 g/mol. The van der Waals surface area contributed by atoms with Crippen molar-refractivity contribution in [3.8, 4) is 5.75 Å². The fourth-order valence-electron chi connectivity index (χ4n) is 1.88. The molecular formula is C16H24N2O3. The van der Waals surface area contributed by atoms with E-state index in [1.54, 1.807) is 36.3 Å². The van der Waals surface area contributed by atoms with Crippen molar-refractivity contribution in [3.05, 3.63) is 24.3 Å². The van der Waals surface area contributed by atoms with E-state index in [1.165, 1.54) is 0 Å². The molecule has 0 saturated heterocycles. The van der Waals surface area contributed by atoms with Gasteiger partial charge in [-0.25, -0.2) is 0 Å². The van der Waals surface area contributed by atoms with Gasteiger partial charge < -0.3 is 15.0 Å². The lowest BCUT2D eigenvalue weighted by atomic mass is 9.94. The number of amides is 2. The van der Waals surface area contributed by atoms with Gasteiger partial charge in [0.1, 0.15) is 5.75 Å². The predicted octanol–water partition coefficient (Wildman–Crippen LogP) is 2.53. The number of hydrogen-bond donors (Lipinski definition) is 1. The van der Waals surface area contributed by atoms with E-state index >= 15 is 0 Å². The second-order valence-electron chi connectivity index (χ2n) is 5.85. The molecule has 116 valence electrons. The van der Waals surface area contributed by atoms with Crippen molar-refractivity contribution in [1.82, 2.24) is 4.90 Å². The molecule has 0 aliphatic heterocycles. The molecule has 5 nitrogen and oxygen atoms in total. The maximum absolute atomic E-state index is 12.2. The summed E-state index contributed by atoms with van der Waals surface area (Å²) in [5, 5.41) is 2.77. The van der Waals surface area contributed by atoms with Crippen molar-refractivity contribution in [2.75, 3.05) is 25.5 Å². The maximum Gasteiger partial charge on any atom is 0.243 e. The Hall–Kier alpha value is -2.04. The highest BCUT2D eigenvalue weighted by Crippen LogP contribution is 2.18. The van der Waals surface area contributed by atoms with E-state index in [0.717, 1.165) is 0 Å². The first kappa shape index (κ1) is 17.0. The third-order valence-electron chi connectivity index (χ3n) is 3.00. The van der Waals surface area contributed by atoms with E-state index in [-0.39, 0.29) is 18.4 Å². The quantitative estimate of drug-likeness (QED) is 0.907. The minimum Gasteiger partial charge on any atom is -0.497 e. The standard InChI is InChI=1S/C16H24N2O3/c1-6-18(15(20)16(2,3)4)11-14(19)17-12-8-7-9-13(10-12)21-5/h7-10H,6,11H2,1-5H3,(H,17,19). The van der Waals surface area contributed by atoms with Gasteiger partial charge in [-0.05, 0) is 19.1 Å². The van der Waals surface area contributed by atoms with E-state index in [0.29, 0.717) is 18.0 Å². The Bertz CT molecular complexity index is 506. The van der Waals surface area contributed by atoms with Crippen LogP contribution in [0, 0.1) is 5.41 Å². The Labute approximate surface area is 126 Å². The zero-order chi connectivity index (χ0) is 16.0. The minimum absolute atomic E-state index is 0.0363. The molecule has 1 N–H and O–H groups in total. The van der Waals surface area contributed by atoms with Crippen LogP contribution in [0.25, 0.3) is 0 Å². The summed E-state index contributed by atoms with van der Waals surface area (Å²) in [6, 6.07) is 7.12.